The largest absolute Gasteiger partial charge is 0.507 e. The summed E-state index contributed by atoms with van der Waals surface area (Å²) in [7, 11) is 0. The van der Waals surface area contributed by atoms with Crippen molar-refractivity contribution in [3.8, 4) is 5.75 Å². The van der Waals surface area contributed by atoms with E-state index in [2.05, 4.69) is 13.5 Å². The summed E-state index contributed by atoms with van der Waals surface area (Å²) in [6.07, 6.45) is 10.5. The highest BCUT2D eigenvalue weighted by Crippen LogP contribution is 2.64. The third-order valence-electron chi connectivity index (χ3n) is 11.9. The quantitative estimate of drug-likeness (QED) is 0.130. The summed E-state index contributed by atoms with van der Waals surface area (Å²) in [5, 5.41) is 24.0. The molecule has 4 rings (SSSR count). The van der Waals surface area contributed by atoms with Crippen LogP contribution in [-0.4, -0.2) is 44.7 Å². The van der Waals surface area contributed by atoms with Gasteiger partial charge in [-0.15, -0.1) is 6.58 Å². The second kappa shape index (κ2) is 13.5. The number of rotatable bonds is 13. The topological polar surface area (TPSA) is 126 Å². The standard InChI is InChI=1S/C40H56O7/c1-10-11-12-13-14-15-16-24(6)17-18-26-19-27(22(2)3)28-20-38(8)21-39(9)31(23(4)5)34(43)29(25(7)41)36(45)40(39,47)37(46)32(38)35(44)30(28)33(26)42/h10,19,22-24,29,31-32,42,47H,1,11-18,20-21H2,2-9H3/t24?,29?,31?,32?,38-,39-,40+/m1/s1. The van der Waals surface area contributed by atoms with Crippen LogP contribution in [0.1, 0.15) is 140 Å². The Morgan fingerprint density at radius 2 is 1.64 bits per heavy atom. The lowest BCUT2D eigenvalue weighted by Crippen LogP contribution is -2.76. The van der Waals surface area contributed by atoms with Crippen molar-refractivity contribution in [2.75, 3.05) is 0 Å². The van der Waals surface area contributed by atoms with Gasteiger partial charge in [0.15, 0.2) is 28.7 Å². The molecule has 7 atom stereocenters. The number of allylic oxidation sites excluding steroid dienone is 1. The molecule has 7 heteroatoms. The number of aryl methyl sites for hydroxylation is 1. The maximum Gasteiger partial charge on any atom is 0.190 e. The Labute approximate surface area is 281 Å². The first-order valence-electron chi connectivity index (χ1n) is 17.8. The molecule has 3 aliphatic carbocycles. The Hall–Kier alpha value is -2.93. The van der Waals surface area contributed by atoms with Crippen molar-refractivity contribution < 1.29 is 34.2 Å². The van der Waals surface area contributed by atoms with Crippen molar-refractivity contribution in [1.29, 1.82) is 0 Å². The molecule has 0 saturated heterocycles. The van der Waals surface area contributed by atoms with Gasteiger partial charge >= 0.3 is 0 Å². The Morgan fingerprint density at radius 1 is 1.00 bits per heavy atom. The fourth-order valence-corrected chi connectivity index (χ4v) is 9.68. The normalized spacial score (nSPS) is 31.1. The lowest BCUT2D eigenvalue weighted by atomic mass is 9.39. The number of ketones is 5. The van der Waals surface area contributed by atoms with Crippen LogP contribution in [0.25, 0.3) is 0 Å². The lowest BCUT2D eigenvalue weighted by Gasteiger charge is -2.62. The van der Waals surface area contributed by atoms with Gasteiger partial charge in [0.25, 0.3) is 0 Å². The average molecular weight is 649 g/mol. The minimum Gasteiger partial charge on any atom is -0.507 e. The van der Waals surface area contributed by atoms with Crippen LogP contribution in [0, 0.1) is 40.4 Å². The number of benzene rings is 1. The summed E-state index contributed by atoms with van der Waals surface area (Å²) in [5.41, 5.74) is -2.77. The molecule has 0 bridgehead atoms. The molecule has 0 amide bonds. The van der Waals surface area contributed by atoms with E-state index in [1.54, 1.807) is 20.8 Å². The van der Waals surface area contributed by atoms with Gasteiger partial charge in [0.1, 0.15) is 17.5 Å². The van der Waals surface area contributed by atoms with Crippen LogP contribution >= 0.6 is 0 Å². The maximum atomic E-state index is 14.6. The predicted molar refractivity (Wildman–Crippen MR) is 182 cm³/mol. The van der Waals surface area contributed by atoms with Crippen LogP contribution in [0.2, 0.25) is 0 Å². The number of fused-ring (bicyclic) bond motifs is 3. The van der Waals surface area contributed by atoms with Crippen molar-refractivity contribution in [3.05, 3.63) is 41.0 Å². The van der Waals surface area contributed by atoms with Gasteiger partial charge in [0, 0.05) is 11.3 Å². The van der Waals surface area contributed by atoms with Gasteiger partial charge in [-0.2, -0.15) is 0 Å². The van der Waals surface area contributed by atoms with E-state index in [1.165, 1.54) is 12.8 Å². The van der Waals surface area contributed by atoms with E-state index >= 15 is 0 Å². The van der Waals surface area contributed by atoms with Crippen molar-refractivity contribution in [3.63, 3.8) is 0 Å². The fraction of sp³-hybridized carbons (Fsp3) is 0.675. The molecule has 0 spiro atoms. The molecule has 47 heavy (non-hydrogen) atoms. The summed E-state index contributed by atoms with van der Waals surface area (Å²) in [4.78, 5) is 69.5. The predicted octanol–water partition coefficient (Wildman–Crippen LogP) is 7.31. The first-order chi connectivity index (χ1) is 21.9. The number of phenols is 1. The van der Waals surface area contributed by atoms with E-state index in [0.29, 0.717) is 23.5 Å². The van der Waals surface area contributed by atoms with Crippen LogP contribution < -0.4 is 0 Å². The molecule has 0 radical (unpaired) electrons. The van der Waals surface area contributed by atoms with Gasteiger partial charge in [-0.05, 0) is 85.3 Å². The van der Waals surface area contributed by atoms with E-state index < -0.39 is 63.1 Å². The van der Waals surface area contributed by atoms with Crippen LogP contribution in [0.3, 0.4) is 0 Å². The second-order valence-corrected chi connectivity index (χ2v) is 16.2. The molecular weight excluding hydrogens is 592 g/mol. The number of hydrogen-bond donors (Lipinski definition) is 2. The zero-order chi connectivity index (χ0) is 35.2. The second-order valence-electron chi connectivity index (χ2n) is 16.2. The molecule has 3 aliphatic rings. The zero-order valence-electron chi connectivity index (χ0n) is 29.8. The van der Waals surface area contributed by atoms with Gasteiger partial charge in [-0.1, -0.05) is 86.3 Å². The number of phenolic OH excluding ortho intramolecular Hbond substituents is 1. The van der Waals surface area contributed by atoms with E-state index in [9.17, 15) is 34.2 Å². The van der Waals surface area contributed by atoms with Gasteiger partial charge in [0.05, 0.1) is 11.5 Å². The number of aliphatic hydroxyl groups is 1. The minimum absolute atomic E-state index is 0.0356. The molecule has 4 unspecified atom stereocenters. The fourth-order valence-electron chi connectivity index (χ4n) is 9.68. The molecule has 0 aliphatic heterocycles. The van der Waals surface area contributed by atoms with Gasteiger partial charge in [-0.3, -0.25) is 24.0 Å². The summed E-state index contributed by atoms with van der Waals surface area (Å²) in [5.74, 6) is -8.03. The SMILES string of the molecule is C=CCCCCCCC(C)CCc1cc(C(C)C)c2c(c1O)C(=O)C1C(=O)[C@@]3(O)C(=O)C(C(C)=O)C(=O)C(C(C)C)[C@@]3(C)C[C@@]1(C)C2. The third-order valence-corrected chi connectivity index (χ3v) is 11.9. The Bertz CT molecular complexity index is 1470. The molecule has 2 fully saturated rings. The molecular formula is C40H56O7. The van der Waals surface area contributed by atoms with Crippen molar-refractivity contribution in [2.45, 2.75) is 131 Å². The Morgan fingerprint density at radius 3 is 2.21 bits per heavy atom. The van der Waals surface area contributed by atoms with Crippen molar-refractivity contribution in [2.24, 2.45) is 40.4 Å². The van der Waals surface area contributed by atoms with Crippen LogP contribution in [0.5, 0.6) is 5.75 Å². The van der Waals surface area contributed by atoms with Crippen LogP contribution in [0.4, 0.5) is 0 Å². The Balaban J connectivity index is 1.74. The third kappa shape index (κ3) is 6.00. The first kappa shape index (κ1) is 36.9. The number of carbonyl (C=O) groups is 5. The Kier molecular flexibility index (Phi) is 10.6. The zero-order valence-corrected chi connectivity index (χ0v) is 29.8. The number of unbranched alkanes of at least 4 members (excludes halogenated alkanes) is 4. The molecule has 0 aromatic heterocycles. The molecule has 1 aromatic rings. The van der Waals surface area contributed by atoms with E-state index in [1.807, 2.05) is 32.9 Å². The molecule has 258 valence electrons. The molecule has 2 N–H and O–H groups in total. The highest BCUT2D eigenvalue weighted by atomic mass is 16.3. The lowest BCUT2D eigenvalue weighted by molar-refractivity contribution is -0.205. The van der Waals surface area contributed by atoms with Gasteiger partial charge in [0.2, 0.25) is 0 Å². The van der Waals surface area contributed by atoms with Gasteiger partial charge in [-0.25, -0.2) is 0 Å². The number of hydrogen-bond acceptors (Lipinski definition) is 7. The van der Waals surface area contributed by atoms with E-state index in [0.717, 1.165) is 44.6 Å². The summed E-state index contributed by atoms with van der Waals surface area (Å²) < 4.78 is 0. The monoisotopic (exact) mass is 648 g/mol. The summed E-state index contributed by atoms with van der Waals surface area (Å²) in [6.45, 7) is 18.2. The number of aromatic hydroxyl groups is 1. The maximum absolute atomic E-state index is 14.6. The average Bonchev–Trinajstić information content (AvgIpc) is 2.95. The minimum atomic E-state index is -2.68. The smallest absolute Gasteiger partial charge is 0.190 e. The number of Topliss-reactive ketones (excluding diaryl/α,β-unsaturated/α-hetero) is 5. The van der Waals surface area contributed by atoms with E-state index in [4.69, 9.17) is 0 Å². The van der Waals surface area contributed by atoms with Crippen LogP contribution in [0.15, 0.2) is 18.7 Å². The van der Waals surface area contributed by atoms with Crippen LogP contribution in [-0.2, 0) is 32.0 Å². The first-order valence-corrected chi connectivity index (χ1v) is 17.8. The molecule has 7 nitrogen and oxygen atoms in total. The highest BCUT2D eigenvalue weighted by Gasteiger charge is 2.76. The summed E-state index contributed by atoms with van der Waals surface area (Å²) >= 11 is 0. The number of carbonyl (C=O) groups excluding carboxylic acids is 5. The van der Waals surface area contributed by atoms with Crippen molar-refractivity contribution >= 4 is 28.9 Å². The molecule has 2 saturated carbocycles. The highest BCUT2D eigenvalue weighted by molar-refractivity contribution is 6.32. The van der Waals surface area contributed by atoms with E-state index in [-0.39, 0.29) is 36.0 Å². The molecule has 0 heterocycles. The van der Waals surface area contributed by atoms with Gasteiger partial charge < -0.3 is 10.2 Å². The molecule has 1 aromatic carbocycles. The van der Waals surface area contributed by atoms with Crippen molar-refractivity contribution in [1.82, 2.24) is 0 Å². The summed E-state index contributed by atoms with van der Waals surface area (Å²) in [6, 6.07) is 2.02.